The van der Waals surface area contributed by atoms with Crippen LogP contribution in [0.3, 0.4) is 0 Å². The Bertz CT molecular complexity index is 951. The van der Waals surface area contributed by atoms with Crippen LogP contribution in [0, 0.1) is 0 Å². The van der Waals surface area contributed by atoms with Crippen molar-refractivity contribution in [2.45, 2.75) is 13.0 Å². The standard InChI is InChI=1S/C21H22N2O5/c1-25-17-7-5-4-6-15(17)13-22-21(24)12-16-11-19(28-23-16)14-8-9-18(26-2)20(10-14)27-3/h4-11H,12-13H2,1-3H3,(H,22,24). The molecule has 146 valence electrons. The van der Waals surface area contributed by atoms with Crippen molar-refractivity contribution in [2.75, 3.05) is 21.3 Å². The number of ether oxygens (including phenoxy) is 3. The molecule has 1 aromatic heterocycles. The van der Waals surface area contributed by atoms with Gasteiger partial charge in [-0.3, -0.25) is 4.79 Å². The minimum absolute atomic E-state index is 0.117. The number of rotatable bonds is 8. The lowest BCUT2D eigenvalue weighted by atomic mass is 10.1. The molecule has 0 bridgehead atoms. The second-order valence-corrected chi connectivity index (χ2v) is 6.02. The first-order valence-corrected chi connectivity index (χ1v) is 8.71. The van der Waals surface area contributed by atoms with Gasteiger partial charge < -0.3 is 24.1 Å². The molecular formula is C21H22N2O5. The molecule has 1 amide bonds. The number of carbonyl (C=O) groups is 1. The van der Waals surface area contributed by atoms with Gasteiger partial charge in [-0.2, -0.15) is 0 Å². The van der Waals surface area contributed by atoms with Gasteiger partial charge in [0.25, 0.3) is 0 Å². The van der Waals surface area contributed by atoms with E-state index in [0.29, 0.717) is 29.5 Å². The number of nitrogens with one attached hydrogen (secondary N) is 1. The largest absolute Gasteiger partial charge is 0.496 e. The molecule has 2 aromatic carbocycles. The number of para-hydroxylation sites is 1. The predicted octanol–water partition coefficient (Wildman–Crippen LogP) is 3.23. The summed E-state index contributed by atoms with van der Waals surface area (Å²) in [5.41, 5.74) is 2.23. The van der Waals surface area contributed by atoms with E-state index in [4.69, 9.17) is 18.7 Å². The smallest absolute Gasteiger partial charge is 0.226 e. The molecule has 0 saturated carbocycles. The summed E-state index contributed by atoms with van der Waals surface area (Å²) in [6.45, 7) is 0.378. The van der Waals surface area contributed by atoms with Gasteiger partial charge in [-0.1, -0.05) is 23.4 Å². The molecule has 28 heavy (non-hydrogen) atoms. The van der Waals surface area contributed by atoms with E-state index in [9.17, 15) is 4.79 Å². The first-order valence-electron chi connectivity index (χ1n) is 8.71. The minimum atomic E-state index is -0.155. The zero-order valence-corrected chi connectivity index (χ0v) is 16.0. The van der Waals surface area contributed by atoms with Crippen LogP contribution in [-0.4, -0.2) is 32.4 Å². The summed E-state index contributed by atoms with van der Waals surface area (Å²) in [5.74, 6) is 2.35. The third-order valence-electron chi connectivity index (χ3n) is 4.24. The molecule has 7 heteroatoms. The van der Waals surface area contributed by atoms with E-state index in [-0.39, 0.29) is 12.3 Å². The van der Waals surface area contributed by atoms with Crippen LogP contribution in [0.1, 0.15) is 11.3 Å². The fourth-order valence-corrected chi connectivity index (χ4v) is 2.79. The number of nitrogens with zero attached hydrogens (tertiary/aromatic N) is 1. The summed E-state index contributed by atoms with van der Waals surface area (Å²) in [6.07, 6.45) is 0.117. The number of aromatic nitrogens is 1. The van der Waals surface area contributed by atoms with Gasteiger partial charge in [-0.05, 0) is 24.3 Å². The van der Waals surface area contributed by atoms with Crippen LogP contribution in [0.25, 0.3) is 11.3 Å². The van der Waals surface area contributed by atoms with Gasteiger partial charge >= 0.3 is 0 Å². The topological polar surface area (TPSA) is 82.8 Å². The number of hydrogen-bond acceptors (Lipinski definition) is 6. The van der Waals surface area contributed by atoms with Gasteiger partial charge in [-0.15, -0.1) is 0 Å². The van der Waals surface area contributed by atoms with Crippen LogP contribution < -0.4 is 19.5 Å². The van der Waals surface area contributed by atoms with Gasteiger partial charge in [0.2, 0.25) is 5.91 Å². The van der Waals surface area contributed by atoms with Gasteiger partial charge in [0.1, 0.15) is 5.75 Å². The SMILES string of the molecule is COc1ccccc1CNC(=O)Cc1cc(-c2ccc(OC)c(OC)c2)on1. The first-order chi connectivity index (χ1) is 13.6. The summed E-state index contributed by atoms with van der Waals surface area (Å²) < 4.78 is 21.2. The Kier molecular flexibility index (Phi) is 6.16. The normalized spacial score (nSPS) is 10.4. The Hall–Kier alpha value is -3.48. The van der Waals surface area contributed by atoms with Gasteiger partial charge in [0.05, 0.1) is 33.4 Å². The highest BCUT2D eigenvalue weighted by molar-refractivity contribution is 5.78. The molecule has 3 rings (SSSR count). The number of amides is 1. The molecule has 0 aliphatic heterocycles. The van der Waals surface area contributed by atoms with Crippen LogP contribution in [0.4, 0.5) is 0 Å². The van der Waals surface area contributed by atoms with Crippen molar-refractivity contribution in [2.24, 2.45) is 0 Å². The summed E-state index contributed by atoms with van der Waals surface area (Å²) in [6, 6.07) is 14.7. The summed E-state index contributed by atoms with van der Waals surface area (Å²) >= 11 is 0. The Morgan fingerprint density at radius 3 is 2.46 bits per heavy atom. The molecule has 0 saturated heterocycles. The second-order valence-electron chi connectivity index (χ2n) is 6.02. The fourth-order valence-electron chi connectivity index (χ4n) is 2.79. The van der Waals surface area contributed by atoms with Crippen molar-refractivity contribution >= 4 is 5.91 Å². The monoisotopic (exact) mass is 382 g/mol. The summed E-state index contributed by atoms with van der Waals surface area (Å²) in [4.78, 5) is 12.2. The Labute approximate surface area is 163 Å². The third-order valence-corrected chi connectivity index (χ3v) is 4.24. The van der Waals surface area contributed by atoms with E-state index in [2.05, 4.69) is 10.5 Å². The molecular weight excluding hydrogens is 360 g/mol. The molecule has 0 aliphatic rings. The minimum Gasteiger partial charge on any atom is -0.496 e. The molecule has 1 N–H and O–H groups in total. The maximum Gasteiger partial charge on any atom is 0.226 e. The zero-order chi connectivity index (χ0) is 19.9. The predicted molar refractivity (Wildman–Crippen MR) is 104 cm³/mol. The average Bonchev–Trinajstić information content (AvgIpc) is 3.20. The van der Waals surface area contributed by atoms with Crippen LogP contribution in [-0.2, 0) is 17.8 Å². The van der Waals surface area contributed by atoms with Crippen LogP contribution in [0.2, 0.25) is 0 Å². The molecule has 0 unspecified atom stereocenters. The lowest BCUT2D eigenvalue weighted by Gasteiger charge is -2.08. The summed E-state index contributed by atoms with van der Waals surface area (Å²) in [7, 11) is 4.75. The van der Waals surface area contributed by atoms with Crippen molar-refractivity contribution in [3.8, 4) is 28.6 Å². The summed E-state index contributed by atoms with van der Waals surface area (Å²) in [5, 5.41) is 6.85. The third kappa shape index (κ3) is 4.43. The molecule has 0 atom stereocenters. The van der Waals surface area contributed by atoms with Gasteiger partial charge in [-0.25, -0.2) is 0 Å². The maximum absolute atomic E-state index is 12.2. The first kappa shape index (κ1) is 19.3. The lowest BCUT2D eigenvalue weighted by Crippen LogP contribution is -2.24. The molecule has 1 heterocycles. The number of methoxy groups -OCH3 is 3. The average molecular weight is 382 g/mol. The lowest BCUT2D eigenvalue weighted by molar-refractivity contribution is -0.120. The number of carbonyl (C=O) groups excluding carboxylic acids is 1. The zero-order valence-electron chi connectivity index (χ0n) is 16.0. The molecule has 7 nitrogen and oxygen atoms in total. The van der Waals surface area contributed by atoms with Gasteiger partial charge in [0.15, 0.2) is 17.3 Å². The molecule has 0 aliphatic carbocycles. The van der Waals surface area contributed by atoms with E-state index in [1.165, 1.54) is 0 Å². The second kappa shape index (κ2) is 8.94. The quantitative estimate of drug-likeness (QED) is 0.644. The maximum atomic E-state index is 12.2. The van der Waals surface area contributed by atoms with E-state index in [1.54, 1.807) is 39.5 Å². The van der Waals surface area contributed by atoms with Crippen molar-refractivity contribution in [1.82, 2.24) is 10.5 Å². The highest BCUT2D eigenvalue weighted by atomic mass is 16.5. The van der Waals surface area contributed by atoms with Crippen molar-refractivity contribution in [3.63, 3.8) is 0 Å². The number of benzene rings is 2. The van der Waals surface area contributed by atoms with E-state index in [0.717, 1.165) is 16.9 Å². The van der Waals surface area contributed by atoms with E-state index >= 15 is 0 Å². The Morgan fingerprint density at radius 1 is 0.964 bits per heavy atom. The Morgan fingerprint density at radius 2 is 1.71 bits per heavy atom. The Balaban J connectivity index is 1.63. The van der Waals surface area contributed by atoms with Gasteiger partial charge in [0, 0.05) is 23.7 Å². The van der Waals surface area contributed by atoms with Crippen molar-refractivity contribution < 1.29 is 23.5 Å². The fraction of sp³-hybridized carbons (Fsp3) is 0.238. The molecule has 0 fully saturated rings. The molecule has 0 radical (unpaired) electrons. The molecule has 0 spiro atoms. The highest BCUT2D eigenvalue weighted by Gasteiger charge is 2.13. The van der Waals surface area contributed by atoms with Crippen LogP contribution in [0.5, 0.6) is 17.2 Å². The highest BCUT2D eigenvalue weighted by Crippen LogP contribution is 2.32. The van der Waals surface area contributed by atoms with Crippen molar-refractivity contribution in [1.29, 1.82) is 0 Å². The van der Waals surface area contributed by atoms with Crippen molar-refractivity contribution in [3.05, 3.63) is 59.8 Å². The van der Waals surface area contributed by atoms with Crippen LogP contribution >= 0.6 is 0 Å². The molecule has 3 aromatic rings. The number of hydrogen-bond donors (Lipinski definition) is 1. The van der Waals surface area contributed by atoms with E-state index < -0.39 is 0 Å². The van der Waals surface area contributed by atoms with Crippen LogP contribution in [0.15, 0.2) is 53.1 Å². The van der Waals surface area contributed by atoms with E-state index in [1.807, 2.05) is 30.3 Å².